The van der Waals surface area contributed by atoms with Gasteiger partial charge in [-0.1, -0.05) is 30.3 Å². The Balaban J connectivity index is 2.24. The number of carbonyl (C=O) groups is 1. The number of rotatable bonds is 3. The molecule has 0 bridgehead atoms. The van der Waals surface area contributed by atoms with Gasteiger partial charge in [-0.25, -0.2) is 0 Å². The quantitative estimate of drug-likeness (QED) is 0.341. The average molecular weight is 256 g/mol. The summed E-state index contributed by atoms with van der Waals surface area (Å²) in [7, 11) is 0. The van der Waals surface area contributed by atoms with E-state index in [2.05, 4.69) is 0 Å². The van der Waals surface area contributed by atoms with E-state index in [1.807, 2.05) is 6.07 Å². The van der Waals surface area contributed by atoms with Crippen LogP contribution in [-0.4, -0.2) is 21.1 Å². The summed E-state index contributed by atoms with van der Waals surface area (Å²) in [6.07, 6.45) is 2.67. The first kappa shape index (κ1) is 12.7. The molecular weight excluding hydrogens is 244 g/mol. The van der Waals surface area contributed by atoms with Crippen molar-refractivity contribution in [2.45, 2.75) is 0 Å². The first-order valence-electron chi connectivity index (χ1n) is 5.60. The van der Waals surface area contributed by atoms with Crippen LogP contribution in [0.1, 0.15) is 15.9 Å². The Labute approximate surface area is 109 Å². The lowest BCUT2D eigenvalue weighted by Gasteiger charge is -2.02. The molecule has 0 heterocycles. The molecule has 0 fully saturated rings. The van der Waals surface area contributed by atoms with Gasteiger partial charge >= 0.3 is 0 Å². The van der Waals surface area contributed by atoms with E-state index in [-0.39, 0.29) is 22.8 Å². The number of ketones is 1. The van der Waals surface area contributed by atoms with Gasteiger partial charge in [-0.15, -0.1) is 0 Å². The molecule has 0 aliphatic rings. The number of hydrogen-bond acceptors (Lipinski definition) is 4. The van der Waals surface area contributed by atoms with Crippen LogP contribution >= 0.6 is 0 Å². The van der Waals surface area contributed by atoms with Gasteiger partial charge in [0.05, 0.1) is 0 Å². The summed E-state index contributed by atoms with van der Waals surface area (Å²) in [5.41, 5.74) is 0.779. The summed E-state index contributed by atoms with van der Waals surface area (Å²) in [6, 6.07) is 10.9. The monoisotopic (exact) mass is 256 g/mol. The molecule has 0 saturated heterocycles. The van der Waals surface area contributed by atoms with Gasteiger partial charge in [0, 0.05) is 17.2 Å². The van der Waals surface area contributed by atoms with Crippen molar-refractivity contribution in [3.8, 4) is 17.2 Å². The Morgan fingerprint density at radius 2 is 1.53 bits per heavy atom. The van der Waals surface area contributed by atoms with E-state index in [1.54, 1.807) is 24.3 Å². The van der Waals surface area contributed by atoms with Crippen molar-refractivity contribution in [1.29, 1.82) is 0 Å². The molecule has 0 aromatic heterocycles. The predicted molar refractivity (Wildman–Crippen MR) is 71.2 cm³/mol. The van der Waals surface area contributed by atoms with E-state index in [4.69, 9.17) is 0 Å². The smallest absolute Gasteiger partial charge is 0.185 e. The van der Waals surface area contributed by atoms with Crippen molar-refractivity contribution in [3.63, 3.8) is 0 Å². The molecule has 4 heteroatoms. The Morgan fingerprint density at radius 3 is 2.21 bits per heavy atom. The third-order valence-corrected chi connectivity index (χ3v) is 2.60. The van der Waals surface area contributed by atoms with Gasteiger partial charge in [0.15, 0.2) is 17.3 Å². The summed E-state index contributed by atoms with van der Waals surface area (Å²) >= 11 is 0. The minimum absolute atomic E-state index is 0.215. The van der Waals surface area contributed by atoms with Crippen LogP contribution < -0.4 is 0 Å². The van der Waals surface area contributed by atoms with Crippen molar-refractivity contribution in [1.82, 2.24) is 0 Å². The number of carbonyl (C=O) groups excluding carboxylic acids is 1. The molecule has 2 aromatic rings. The van der Waals surface area contributed by atoms with Crippen LogP contribution in [0.25, 0.3) is 6.08 Å². The van der Waals surface area contributed by atoms with Crippen LogP contribution in [-0.2, 0) is 0 Å². The first-order valence-corrected chi connectivity index (χ1v) is 5.60. The molecule has 19 heavy (non-hydrogen) atoms. The normalized spacial score (nSPS) is 10.7. The fourth-order valence-corrected chi connectivity index (χ4v) is 1.58. The molecule has 0 radical (unpaired) electrons. The van der Waals surface area contributed by atoms with Gasteiger partial charge in [0.2, 0.25) is 0 Å². The molecule has 0 aliphatic carbocycles. The Morgan fingerprint density at radius 1 is 0.895 bits per heavy atom. The third-order valence-electron chi connectivity index (χ3n) is 2.60. The van der Waals surface area contributed by atoms with Crippen molar-refractivity contribution < 1.29 is 20.1 Å². The van der Waals surface area contributed by atoms with Crippen LogP contribution in [0.15, 0.2) is 48.5 Å². The third kappa shape index (κ3) is 2.93. The second kappa shape index (κ2) is 5.27. The fourth-order valence-electron chi connectivity index (χ4n) is 1.58. The molecule has 96 valence electrons. The number of phenolic OH excluding ortho intramolecular Hbond substituents is 3. The van der Waals surface area contributed by atoms with E-state index in [0.717, 1.165) is 6.07 Å². The number of benzene rings is 2. The van der Waals surface area contributed by atoms with E-state index in [1.165, 1.54) is 18.2 Å². The van der Waals surface area contributed by atoms with Crippen LogP contribution in [0.2, 0.25) is 0 Å². The van der Waals surface area contributed by atoms with Gasteiger partial charge in [-0.05, 0) is 18.2 Å². The maximum absolute atomic E-state index is 11.8. The zero-order valence-corrected chi connectivity index (χ0v) is 9.95. The van der Waals surface area contributed by atoms with E-state index >= 15 is 0 Å². The Kier molecular flexibility index (Phi) is 3.52. The minimum Gasteiger partial charge on any atom is -0.507 e. The molecule has 0 unspecified atom stereocenters. The molecule has 0 saturated carbocycles. The lowest BCUT2D eigenvalue weighted by Crippen LogP contribution is -1.92. The van der Waals surface area contributed by atoms with Crippen molar-refractivity contribution in [3.05, 3.63) is 59.7 Å². The van der Waals surface area contributed by atoms with Gasteiger partial charge < -0.3 is 15.3 Å². The summed E-state index contributed by atoms with van der Waals surface area (Å²) in [5, 5.41) is 28.1. The molecule has 2 rings (SSSR count). The highest BCUT2D eigenvalue weighted by Gasteiger charge is 2.06. The zero-order valence-electron chi connectivity index (χ0n) is 9.95. The van der Waals surface area contributed by atoms with Gasteiger partial charge in [-0.2, -0.15) is 0 Å². The Bertz CT molecular complexity index is 630. The second-order valence-electron chi connectivity index (χ2n) is 3.96. The zero-order chi connectivity index (χ0) is 13.8. The number of aromatic hydroxyl groups is 3. The van der Waals surface area contributed by atoms with Crippen LogP contribution in [0, 0.1) is 0 Å². The number of allylic oxidation sites excluding steroid dienone is 1. The molecule has 0 aliphatic heterocycles. The molecule has 3 N–H and O–H groups in total. The first-order chi connectivity index (χ1) is 9.08. The SMILES string of the molecule is O=C(C=Cc1cc(O)c(O)cc1O)c1ccccc1. The highest BCUT2D eigenvalue weighted by atomic mass is 16.3. The minimum atomic E-state index is -0.413. The highest BCUT2D eigenvalue weighted by molar-refractivity contribution is 6.06. The van der Waals surface area contributed by atoms with E-state index in [0.29, 0.717) is 5.56 Å². The van der Waals surface area contributed by atoms with Crippen molar-refractivity contribution in [2.24, 2.45) is 0 Å². The summed E-state index contributed by atoms with van der Waals surface area (Å²) in [5.74, 6) is -1.20. The molecule has 0 spiro atoms. The fraction of sp³-hybridized carbons (Fsp3) is 0. The van der Waals surface area contributed by atoms with Crippen LogP contribution in [0.4, 0.5) is 0 Å². The summed E-state index contributed by atoms with van der Waals surface area (Å²) in [6.45, 7) is 0. The van der Waals surface area contributed by atoms with E-state index in [9.17, 15) is 20.1 Å². The highest BCUT2D eigenvalue weighted by Crippen LogP contribution is 2.32. The van der Waals surface area contributed by atoms with Crippen LogP contribution in [0.3, 0.4) is 0 Å². The van der Waals surface area contributed by atoms with Crippen molar-refractivity contribution >= 4 is 11.9 Å². The Hall–Kier alpha value is -2.75. The molecular formula is C15H12O4. The molecule has 2 aromatic carbocycles. The number of hydrogen-bond donors (Lipinski definition) is 3. The predicted octanol–water partition coefficient (Wildman–Crippen LogP) is 2.70. The molecule has 4 nitrogen and oxygen atoms in total. The second-order valence-corrected chi connectivity index (χ2v) is 3.96. The van der Waals surface area contributed by atoms with Gasteiger partial charge in [0.25, 0.3) is 0 Å². The summed E-state index contributed by atoms with van der Waals surface area (Å²) in [4.78, 5) is 11.8. The maximum Gasteiger partial charge on any atom is 0.185 e. The van der Waals surface area contributed by atoms with Gasteiger partial charge in [-0.3, -0.25) is 4.79 Å². The number of phenols is 3. The molecule has 0 atom stereocenters. The lowest BCUT2D eigenvalue weighted by atomic mass is 10.1. The van der Waals surface area contributed by atoms with Gasteiger partial charge in [0.1, 0.15) is 5.75 Å². The summed E-state index contributed by atoms with van der Waals surface area (Å²) < 4.78 is 0. The lowest BCUT2D eigenvalue weighted by molar-refractivity contribution is 0.104. The van der Waals surface area contributed by atoms with Crippen molar-refractivity contribution in [2.75, 3.05) is 0 Å². The standard InChI is InChI=1S/C15H12O4/c16-12(10-4-2-1-3-5-10)7-6-11-8-14(18)15(19)9-13(11)17/h1-9,17-19H. The molecule has 0 amide bonds. The average Bonchev–Trinajstić information content (AvgIpc) is 2.42. The topological polar surface area (TPSA) is 77.8 Å². The largest absolute Gasteiger partial charge is 0.507 e. The maximum atomic E-state index is 11.8. The van der Waals surface area contributed by atoms with Crippen LogP contribution in [0.5, 0.6) is 17.2 Å². The van der Waals surface area contributed by atoms with E-state index < -0.39 is 5.75 Å².